The third-order valence-corrected chi connectivity index (χ3v) is 3.30. The monoisotopic (exact) mass is 303 g/mol. The van der Waals surface area contributed by atoms with E-state index in [0.717, 1.165) is 6.92 Å². The largest absolute Gasteiger partial charge is 0.481 e. The summed E-state index contributed by atoms with van der Waals surface area (Å²) in [6.45, 7) is 3.28. The van der Waals surface area contributed by atoms with Gasteiger partial charge in [-0.1, -0.05) is 11.8 Å². The highest BCUT2D eigenvalue weighted by molar-refractivity contribution is 8.00. The van der Waals surface area contributed by atoms with Crippen LogP contribution in [0.2, 0.25) is 0 Å². The Morgan fingerprint density at radius 3 is 2.30 bits per heavy atom. The summed E-state index contributed by atoms with van der Waals surface area (Å²) >= 11 is 1.39. The van der Waals surface area contributed by atoms with Gasteiger partial charge >= 0.3 is 0 Å². The van der Waals surface area contributed by atoms with Gasteiger partial charge in [-0.3, -0.25) is 9.59 Å². The van der Waals surface area contributed by atoms with Crippen molar-refractivity contribution < 1.29 is 14.7 Å². The van der Waals surface area contributed by atoms with Crippen LogP contribution in [-0.2, 0) is 23.2 Å². The van der Waals surface area contributed by atoms with Gasteiger partial charge in [0.05, 0.1) is 11.8 Å². The van der Waals surface area contributed by atoms with Gasteiger partial charge in [0, 0.05) is 28.1 Å². The number of carboxylic acids is 1. The van der Waals surface area contributed by atoms with Crippen molar-refractivity contribution in [1.29, 1.82) is 0 Å². The molecule has 1 aromatic heterocycles. The topological polar surface area (TPSA) is 114 Å². The lowest BCUT2D eigenvalue weighted by atomic mass is 10.4. The quantitative estimate of drug-likeness (QED) is 0.748. The second kappa shape index (κ2) is 8.54. The molecular formula is C11H21N5O3S. The normalized spacial score (nSPS) is 11.3. The van der Waals surface area contributed by atoms with Crippen molar-refractivity contribution in [3.63, 3.8) is 0 Å². The number of aromatic nitrogens is 3. The van der Waals surface area contributed by atoms with Crippen LogP contribution in [0.1, 0.15) is 19.7 Å². The molecule has 1 rings (SSSR count). The van der Waals surface area contributed by atoms with Crippen molar-refractivity contribution in [2.75, 3.05) is 14.1 Å². The molecule has 0 saturated carbocycles. The molecule has 0 radical (unpaired) electrons. The van der Waals surface area contributed by atoms with Gasteiger partial charge in [0.1, 0.15) is 5.82 Å². The summed E-state index contributed by atoms with van der Waals surface area (Å²) in [5, 5.41) is 15.9. The van der Waals surface area contributed by atoms with Gasteiger partial charge in [-0.25, -0.2) is 0 Å². The van der Waals surface area contributed by atoms with Gasteiger partial charge in [0.25, 0.3) is 5.97 Å². The van der Waals surface area contributed by atoms with Crippen LogP contribution >= 0.6 is 11.8 Å². The van der Waals surface area contributed by atoms with Crippen LogP contribution in [0.3, 0.4) is 0 Å². The van der Waals surface area contributed by atoms with Crippen molar-refractivity contribution in [3.8, 4) is 0 Å². The minimum Gasteiger partial charge on any atom is -0.481 e. The number of nitrogens with zero attached hydrogens (tertiary/aromatic N) is 4. The Hall–Kier alpha value is -1.61. The number of amides is 1. The fourth-order valence-electron chi connectivity index (χ4n) is 1.20. The van der Waals surface area contributed by atoms with E-state index >= 15 is 0 Å². The second-order valence-corrected chi connectivity index (χ2v) is 5.48. The molecule has 0 aliphatic heterocycles. The van der Waals surface area contributed by atoms with Crippen molar-refractivity contribution in [1.82, 2.24) is 19.7 Å². The molecule has 0 fully saturated rings. The zero-order chi connectivity index (χ0) is 15.9. The number of carboxylic acid groups (broad SMARTS) is 1. The van der Waals surface area contributed by atoms with Gasteiger partial charge in [-0.05, 0) is 6.92 Å². The predicted octanol–water partition coefficient (Wildman–Crippen LogP) is -0.0665. The molecule has 1 heterocycles. The molecule has 3 N–H and O–H groups in total. The molecule has 1 aromatic rings. The Bertz CT molecular complexity index is 457. The molecule has 0 saturated heterocycles. The predicted molar refractivity (Wildman–Crippen MR) is 76.2 cm³/mol. The number of nitrogens with two attached hydrogens (primary N) is 1. The van der Waals surface area contributed by atoms with Crippen molar-refractivity contribution in [2.45, 2.75) is 30.8 Å². The number of carbonyl (C=O) groups is 2. The highest BCUT2D eigenvalue weighted by atomic mass is 32.2. The zero-order valence-corrected chi connectivity index (χ0v) is 13.1. The molecule has 0 aromatic carbocycles. The van der Waals surface area contributed by atoms with Crippen molar-refractivity contribution in [3.05, 3.63) is 5.82 Å². The number of carbonyl (C=O) groups excluding carboxylic acids is 1. The third-order valence-electron chi connectivity index (χ3n) is 2.18. The summed E-state index contributed by atoms with van der Waals surface area (Å²) in [6, 6.07) is 0. The molecule has 0 aliphatic carbocycles. The Kier molecular flexibility index (Phi) is 7.85. The van der Waals surface area contributed by atoms with E-state index in [1.54, 1.807) is 19.0 Å². The number of rotatable bonds is 4. The molecule has 114 valence electrons. The van der Waals surface area contributed by atoms with E-state index in [1.807, 2.05) is 18.5 Å². The average molecular weight is 303 g/mol. The lowest BCUT2D eigenvalue weighted by Gasteiger charge is -2.15. The van der Waals surface area contributed by atoms with E-state index in [2.05, 4.69) is 10.2 Å². The maximum Gasteiger partial charge on any atom is 0.300 e. The van der Waals surface area contributed by atoms with E-state index in [9.17, 15) is 4.79 Å². The smallest absolute Gasteiger partial charge is 0.300 e. The van der Waals surface area contributed by atoms with Gasteiger partial charge in [-0.2, -0.15) is 0 Å². The van der Waals surface area contributed by atoms with Crippen LogP contribution in [0.15, 0.2) is 5.16 Å². The first-order valence-electron chi connectivity index (χ1n) is 5.86. The maximum absolute atomic E-state index is 11.7. The summed E-state index contributed by atoms with van der Waals surface area (Å²) in [5.41, 5.74) is 5.50. The van der Waals surface area contributed by atoms with Crippen LogP contribution in [0.5, 0.6) is 0 Å². The molecule has 0 bridgehead atoms. The molecular weight excluding hydrogens is 282 g/mol. The van der Waals surface area contributed by atoms with Crippen LogP contribution in [0.4, 0.5) is 0 Å². The van der Waals surface area contributed by atoms with E-state index in [1.165, 1.54) is 11.8 Å². The first kappa shape index (κ1) is 18.4. The SMILES string of the molecule is CC(=O)O.CC(Sc1nnc(CN)n1C)C(=O)N(C)C. The molecule has 20 heavy (non-hydrogen) atoms. The summed E-state index contributed by atoms with van der Waals surface area (Å²) in [5.74, 6) is -0.0608. The van der Waals surface area contributed by atoms with Crippen LogP contribution in [0.25, 0.3) is 0 Å². The van der Waals surface area contributed by atoms with E-state index in [4.69, 9.17) is 15.6 Å². The molecule has 0 spiro atoms. The Morgan fingerprint density at radius 2 is 1.95 bits per heavy atom. The minimum atomic E-state index is -0.833. The fraction of sp³-hybridized carbons (Fsp3) is 0.636. The molecule has 1 atom stereocenters. The van der Waals surface area contributed by atoms with Gasteiger partial charge in [0.2, 0.25) is 5.91 Å². The third kappa shape index (κ3) is 6.02. The van der Waals surface area contributed by atoms with Gasteiger partial charge in [0.15, 0.2) is 5.16 Å². The van der Waals surface area contributed by atoms with E-state index < -0.39 is 5.97 Å². The molecule has 8 nitrogen and oxygen atoms in total. The number of hydrogen-bond acceptors (Lipinski definition) is 6. The fourth-order valence-corrected chi connectivity index (χ4v) is 2.18. The highest BCUT2D eigenvalue weighted by Gasteiger charge is 2.19. The van der Waals surface area contributed by atoms with Gasteiger partial charge < -0.3 is 20.3 Å². The number of aliphatic carboxylic acids is 1. The molecule has 1 amide bonds. The lowest BCUT2D eigenvalue weighted by molar-refractivity contribution is -0.134. The number of thioether (sulfide) groups is 1. The van der Waals surface area contributed by atoms with Gasteiger partial charge in [-0.15, -0.1) is 10.2 Å². The maximum atomic E-state index is 11.7. The van der Waals surface area contributed by atoms with Crippen LogP contribution in [0, 0.1) is 0 Å². The average Bonchev–Trinajstić information content (AvgIpc) is 2.68. The van der Waals surface area contributed by atoms with E-state index in [-0.39, 0.29) is 11.2 Å². The van der Waals surface area contributed by atoms with Crippen molar-refractivity contribution >= 4 is 23.6 Å². The molecule has 9 heteroatoms. The standard InChI is InChI=1S/C9H17N5OS.C2H4O2/c1-6(8(15)13(2)3)16-9-12-11-7(5-10)14(9)4;1-2(3)4/h6H,5,10H2,1-4H3;1H3,(H,3,4). The Morgan fingerprint density at radius 1 is 1.45 bits per heavy atom. The first-order chi connectivity index (χ1) is 9.20. The Labute approximate surface area is 122 Å². The first-order valence-corrected chi connectivity index (χ1v) is 6.74. The van der Waals surface area contributed by atoms with E-state index in [0.29, 0.717) is 17.5 Å². The summed E-state index contributed by atoms with van der Waals surface area (Å²) in [6.07, 6.45) is 0. The lowest BCUT2D eigenvalue weighted by Crippen LogP contribution is -2.29. The second-order valence-electron chi connectivity index (χ2n) is 4.17. The molecule has 1 unspecified atom stereocenters. The van der Waals surface area contributed by atoms with Crippen molar-refractivity contribution in [2.24, 2.45) is 12.8 Å². The summed E-state index contributed by atoms with van der Waals surface area (Å²) < 4.78 is 1.81. The van der Waals surface area contributed by atoms with Crippen LogP contribution in [-0.4, -0.2) is 56.0 Å². The highest BCUT2D eigenvalue weighted by Crippen LogP contribution is 2.22. The number of hydrogen-bond donors (Lipinski definition) is 2. The molecule has 0 aliphatic rings. The summed E-state index contributed by atoms with van der Waals surface area (Å²) in [4.78, 5) is 22.2. The van der Waals surface area contributed by atoms with Crippen LogP contribution < -0.4 is 5.73 Å². The Balaban J connectivity index is 0.000000796. The zero-order valence-electron chi connectivity index (χ0n) is 12.3. The summed E-state index contributed by atoms with van der Waals surface area (Å²) in [7, 11) is 5.32. The minimum absolute atomic E-state index is 0.0577.